The Morgan fingerprint density at radius 3 is 0.964 bits per heavy atom. The third kappa shape index (κ3) is 4.36. The van der Waals surface area contributed by atoms with Gasteiger partial charge in [-0.05, 0) is 45.6 Å². The minimum atomic E-state index is 1.19. The van der Waals surface area contributed by atoms with Gasteiger partial charge in [-0.25, -0.2) is 0 Å². The summed E-state index contributed by atoms with van der Waals surface area (Å²) < 4.78 is 0. The fraction of sp³-hybridized carbons (Fsp3) is 0. The van der Waals surface area contributed by atoms with E-state index in [9.17, 15) is 0 Å². The molecular weight excluding hydrogens is 336 g/mol. The second-order valence-electron chi connectivity index (χ2n) is 6.67. The Morgan fingerprint density at radius 2 is 0.643 bits per heavy atom. The number of hydrogen-bond acceptors (Lipinski definition) is 0. The van der Waals surface area contributed by atoms with Crippen LogP contribution >= 0.6 is 0 Å². The van der Waals surface area contributed by atoms with Gasteiger partial charge in [0.1, 0.15) is 0 Å². The first-order valence-corrected chi connectivity index (χ1v) is 9.55. The van der Waals surface area contributed by atoms with E-state index in [1.807, 2.05) is 0 Å². The molecule has 0 N–H and O–H groups in total. The predicted octanol–water partition coefficient (Wildman–Crippen LogP) is 7.47. The van der Waals surface area contributed by atoms with Crippen molar-refractivity contribution in [3.8, 4) is 0 Å². The molecule has 4 aromatic carbocycles. The molecule has 0 aliphatic carbocycles. The molecule has 4 rings (SSSR count). The first-order chi connectivity index (χ1) is 13.9. The van der Waals surface area contributed by atoms with Crippen LogP contribution in [0.5, 0.6) is 0 Å². The van der Waals surface area contributed by atoms with Crippen molar-refractivity contribution in [3.63, 3.8) is 0 Å². The lowest BCUT2D eigenvalue weighted by Crippen LogP contribution is -1.92. The van der Waals surface area contributed by atoms with Crippen LogP contribution in [0.1, 0.15) is 22.3 Å². The van der Waals surface area contributed by atoms with Gasteiger partial charge in [0, 0.05) is 0 Å². The van der Waals surface area contributed by atoms with Gasteiger partial charge in [0.25, 0.3) is 0 Å². The second-order valence-corrected chi connectivity index (χ2v) is 6.67. The zero-order chi connectivity index (χ0) is 19.0. The highest BCUT2D eigenvalue weighted by atomic mass is 14.1. The zero-order valence-corrected chi connectivity index (χ0v) is 15.7. The minimum absolute atomic E-state index is 1.19. The SMILES string of the molecule is C(=C(C(=Cc1ccccc1)c1ccccc1)c1ccccc1)c1ccccc1. The highest BCUT2D eigenvalue weighted by Gasteiger charge is 2.11. The molecule has 0 heteroatoms. The fourth-order valence-electron chi connectivity index (χ4n) is 3.30. The molecule has 0 unspecified atom stereocenters. The van der Waals surface area contributed by atoms with Crippen molar-refractivity contribution < 1.29 is 0 Å². The molecular formula is C28H22. The van der Waals surface area contributed by atoms with Gasteiger partial charge >= 0.3 is 0 Å². The minimum Gasteiger partial charge on any atom is -0.0622 e. The van der Waals surface area contributed by atoms with E-state index in [0.717, 1.165) is 0 Å². The quantitative estimate of drug-likeness (QED) is 0.256. The van der Waals surface area contributed by atoms with E-state index in [4.69, 9.17) is 0 Å². The van der Waals surface area contributed by atoms with Gasteiger partial charge < -0.3 is 0 Å². The Hall–Kier alpha value is -3.64. The van der Waals surface area contributed by atoms with Crippen LogP contribution < -0.4 is 0 Å². The average Bonchev–Trinajstić information content (AvgIpc) is 2.79. The van der Waals surface area contributed by atoms with Crippen molar-refractivity contribution in [2.24, 2.45) is 0 Å². The lowest BCUT2D eigenvalue weighted by Gasteiger charge is -2.15. The molecule has 0 radical (unpaired) electrons. The molecule has 0 aliphatic rings. The van der Waals surface area contributed by atoms with Crippen LogP contribution in [0, 0.1) is 0 Å². The summed E-state index contributed by atoms with van der Waals surface area (Å²) in [5, 5.41) is 0. The van der Waals surface area contributed by atoms with Crippen molar-refractivity contribution in [2.45, 2.75) is 0 Å². The molecule has 134 valence electrons. The number of hydrogen-bond donors (Lipinski definition) is 0. The Kier molecular flexibility index (Phi) is 5.60. The highest BCUT2D eigenvalue weighted by Crippen LogP contribution is 2.34. The molecule has 0 fully saturated rings. The molecule has 0 aliphatic heterocycles. The van der Waals surface area contributed by atoms with Gasteiger partial charge in [0.05, 0.1) is 0 Å². The van der Waals surface area contributed by atoms with Crippen molar-refractivity contribution in [1.82, 2.24) is 0 Å². The number of allylic oxidation sites excluding steroid dienone is 2. The predicted molar refractivity (Wildman–Crippen MR) is 122 cm³/mol. The van der Waals surface area contributed by atoms with Crippen molar-refractivity contribution >= 4 is 23.3 Å². The third-order valence-corrected chi connectivity index (χ3v) is 4.68. The van der Waals surface area contributed by atoms with Gasteiger partial charge in [0.2, 0.25) is 0 Å². The van der Waals surface area contributed by atoms with Crippen LogP contribution in [0.2, 0.25) is 0 Å². The van der Waals surface area contributed by atoms with Gasteiger partial charge in [0.15, 0.2) is 0 Å². The van der Waals surface area contributed by atoms with Crippen LogP contribution in [0.3, 0.4) is 0 Å². The zero-order valence-electron chi connectivity index (χ0n) is 15.7. The normalized spacial score (nSPS) is 12.0. The van der Waals surface area contributed by atoms with Crippen molar-refractivity contribution in [2.75, 3.05) is 0 Å². The van der Waals surface area contributed by atoms with E-state index >= 15 is 0 Å². The fourth-order valence-corrected chi connectivity index (χ4v) is 3.30. The van der Waals surface area contributed by atoms with Crippen LogP contribution in [-0.2, 0) is 0 Å². The highest BCUT2D eigenvalue weighted by molar-refractivity contribution is 6.15. The van der Waals surface area contributed by atoms with E-state index in [1.165, 1.54) is 33.4 Å². The maximum atomic E-state index is 2.27. The Bertz CT molecular complexity index is 967. The smallest absolute Gasteiger partial charge is 0.00992 e. The molecule has 0 saturated carbocycles. The monoisotopic (exact) mass is 358 g/mol. The summed E-state index contributed by atoms with van der Waals surface area (Å²) in [6.07, 6.45) is 4.55. The first kappa shape index (κ1) is 17.8. The summed E-state index contributed by atoms with van der Waals surface area (Å²) in [6, 6.07) is 42.2. The van der Waals surface area contributed by atoms with Gasteiger partial charge in [-0.1, -0.05) is 121 Å². The van der Waals surface area contributed by atoms with E-state index in [1.54, 1.807) is 0 Å². The molecule has 0 aromatic heterocycles. The Morgan fingerprint density at radius 1 is 0.357 bits per heavy atom. The summed E-state index contributed by atoms with van der Waals surface area (Å²) >= 11 is 0. The molecule has 4 aromatic rings. The molecule has 0 heterocycles. The molecule has 0 bridgehead atoms. The van der Waals surface area contributed by atoms with Gasteiger partial charge in [-0.15, -0.1) is 0 Å². The van der Waals surface area contributed by atoms with Crippen molar-refractivity contribution in [1.29, 1.82) is 0 Å². The lowest BCUT2D eigenvalue weighted by molar-refractivity contribution is 1.58. The van der Waals surface area contributed by atoms with Gasteiger partial charge in [-0.3, -0.25) is 0 Å². The maximum Gasteiger partial charge on any atom is -0.00992 e. The number of rotatable bonds is 5. The van der Waals surface area contributed by atoms with Crippen LogP contribution in [0.4, 0.5) is 0 Å². The Labute approximate surface area is 167 Å². The summed E-state index contributed by atoms with van der Waals surface area (Å²) in [4.78, 5) is 0. The molecule has 0 nitrogen and oxygen atoms in total. The molecule has 0 amide bonds. The van der Waals surface area contributed by atoms with Crippen LogP contribution in [-0.4, -0.2) is 0 Å². The van der Waals surface area contributed by atoms with E-state index in [-0.39, 0.29) is 0 Å². The van der Waals surface area contributed by atoms with Crippen molar-refractivity contribution in [3.05, 3.63) is 144 Å². The third-order valence-electron chi connectivity index (χ3n) is 4.68. The number of benzene rings is 4. The lowest BCUT2D eigenvalue weighted by atomic mass is 9.89. The van der Waals surface area contributed by atoms with E-state index in [0.29, 0.717) is 0 Å². The van der Waals surface area contributed by atoms with Gasteiger partial charge in [-0.2, -0.15) is 0 Å². The largest absolute Gasteiger partial charge is 0.0622 e. The summed E-state index contributed by atoms with van der Waals surface area (Å²) in [7, 11) is 0. The molecule has 0 atom stereocenters. The van der Waals surface area contributed by atoms with Crippen LogP contribution in [0.25, 0.3) is 23.3 Å². The molecule has 0 saturated heterocycles. The second kappa shape index (κ2) is 8.83. The first-order valence-electron chi connectivity index (χ1n) is 9.55. The maximum absolute atomic E-state index is 2.27. The van der Waals surface area contributed by atoms with Crippen LogP contribution in [0.15, 0.2) is 121 Å². The standard InChI is InChI=1S/C28H22/c1-5-13-23(14-6-1)21-27(25-17-9-3-10-18-25)28(26-19-11-4-12-20-26)22-24-15-7-2-8-16-24/h1-22H. The van der Waals surface area contributed by atoms with E-state index in [2.05, 4.69) is 133 Å². The molecule has 28 heavy (non-hydrogen) atoms. The van der Waals surface area contributed by atoms with E-state index < -0.39 is 0 Å². The summed E-state index contributed by atoms with van der Waals surface area (Å²) in [5.74, 6) is 0. The summed E-state index contributed by atoms with van der Waals surface area (Å²) in [6.45, 7) is 0. The Balaban J connectivity index is 1.94. The average molecular weight is 358 g/mol. The molecule has 0 spiro atoms. The summed E-state index contributed by atoms with van der Waals surface area (Å²) in [5.41, 5.74) is 7.21. The topological polar surface area (TPSA) is 0 Å².